The summed E-state index contributed by atoms with van der Waals surface area (Å²) in [4.78, 5) is 12.1. The number of carbonyl (C=O) groups excluding carboxylic acids is 1. The van der Waals surface area contributed by atoms with Crippen LogP contribution in [-0.2, 0) is 6.42 Å². The molecule has 0 atom stereocenters. The Morgan fingerprint density at radius 2 is 1.96 bits per heavy atom. The van der Waals surface area contributed by atoms with Gasteiger partial charge in [0.1, 0.15) is 0 Å². The molecule has 3 rings (SSSR count). The molecule has 5 heteroatoms. The molecule has 0 saturated heterocycles. The summed E-state index contributed by atoms with van der Waals surface area (Å²) in [5.74, 6) is -0.0842. The molecule has 1 amide bonds. The number of benzene rings is 2. The van der Waals surface area contributed by atoms with Crippen LogP contribution in [0.15, 0.2) is 67.0 Å². The summed E-state index contributed by atoms with van der Waals surface area (Å²) in [5, 5.41) is 7.78. The minimum Gasteiger partial charge on any atom is -0.352 e. The van der Waals surface area contributed by atoms with Crippen molar-refractivity contribution < 1.29 is 4.79 Å². The van der Waals surface area contributed by atoms with Crippen LogP contribution < -0.4 is 5.32 Å². The van der Waals surface area contributed by atoms with Gasteiger partial charge >= 0.3 is 0 Å². The second-order valence-electron chi connectivity index (χ2n) is 5.13. The third-order valence-corrected chi connectivity index (χ3v) is 3.72. The number of halogens is 1. The molecule has 0 aliphatic heterocycles. The summed E-state index contributed by atoms with van der Waals surface area (Å²) >= 11 is 5.94. The van der Waals surface area contributed by atoms with E-state index in [0.29, 0.717) is 17.1 Å². The van der Waals surface area contributed by atoms with Crippen molar-refractivity contribution in [3.63, 3.8) is 0 Å². The first kappa shape index (κ1) is 15.3. The molecule has 0 bridgehead atoms. The van der Waals surface area contributed by atoms with Crippen LogP contribution in [0.2, 0.25) is 5.02 Å². The van der Waals surface area contributed by atoms with Gasteiger partial charge in [-0.15, -0.1) is 0 Å². The van der Waals surface area contributed by atoms with Crippen LogP contribution in [-0.4, -0.2) is 22.2 Å². The van der Waals surface area contributed by atoms with E-state index in [2.05, 4.69) is 10.4 Å². The molecule has 0 unspecified atom stereocenters. The van der Waals surface area contributed by atoms with Gasteiger partial charge in [0.15, 0.2) is 0 Å². The normalized spacial score (nSPS) is 10.5. The molecule has 116 valence electrons. The average Bonchev–Trinajstić information content (AvgIpc) is 3.09. The van der Waals surface area contributed by atoms with Crippen molar-refractivity contribution in [1.29, 1.82) is 0 Å². The highest BCUT2D eigenvalue weighted by atomic mass is 35.5. The second-order valence-corrected chi connectivity index (χ2v) is 5.57. The minimum atomic E-state index is -0.0842. The van der Waals surface area contributed by atoms with E-state index in [1.807, 2.05) is 48.7 Å². The van der Waals surface area contributed by atoms with Gasteiger partial charge in [-0.3, -0.25) is 4.79 Å². The lowest BCUT2D eigenvalue weighted by atomic mass is 10.1. The van der Waals surface area contributed by atoms with Crippen molar-refractivity contribution >= 4 is 17.5 Å². The Hall–Kier alpha value is -2.59. The topological polar surface area (TPSA) is 46.9 Å². The highest BCUT2D eigenvalue weighted by Crippen LogP contribution is 2.11. The number of nitrogens with zero attached hydrogens (tertiary/aromatic N) is 2. The van der Waals surface area contributed by atoms with Gasteiger partial charge in [0.25, 0.3) is 5.91 Å². The van der Waals surface area contributed by atoms with E-state index < -0.39 is 0 Å². The van der Waals surface area contributed by atoms with Gasteiger partial charge in [-0.1, -0.05) is 23.7 Å². The highest BCUT2D eigenvalue weighted by Gasteiger charge is 2.05. The number of amides is 1. The quantitative estimate of drug-likeness (QED) is 0.780. The van der Waals surface area contributed by atoms with E-state index in [4.69, 9.17) is 11.6 Å². The summed E-state index contributed by atoms with van der Waals surface area (Å²) in [6.45, 7) is 0.570. The highest BCUT2D eigenvalue weighted by molar-refractivity contribution is 6.30. The zero-order valence-electron chi connectivity index (χ0n) is 12.4. The molecule has 2 aromatic carbocycles. The van der Waals surface area contributed by atoms with Gasteiger partial charge in [-0.2, -0.15) is 5.10 Å². The van der Waals surface area contributed by atoms with Gasteiger partial charge in [0.2, 0.25) is 0 Å². The van der Waals surface area contributed by atoms with Crippen molar-refractivity contribution in [2.45, 2.75) is 6.42 Å². The predicted molar refractivity (Wildman–Crippen MR) is 91.1 cm³/mol. The van der Waals surface area contributed by atoms with Crippen molar-refractivity contribution in [3.8, 4) is 5.69 Å². The maximum absolute atomic E-state index is 12.1. The Balaban J connectivity index is 1.56. The lowest BCUT2D eigenvalue weighted by molar-refractivity contribution is 0.0954. The number of carbonyl (C=O) groups is 1. The molecule has 0 aliphatic rings. The molecule has 23 heavy (non-hydrogen) atoms. The monoisotopic (exact) mass is 325 g/mol. The van der Waals surface area contributed by atoms with E-state index >= 15 is 0 Å². The van der Waals surface area contributed by atoms with E-state index in [0.717, 1.165) is 17.7 Å². The molecule has 0 radical (unpaired) electrons. The maximum atomic E-state index is 12.1. The molecule has 1 N–H and O–H groups in total. The Bertz CT molecular complexity index is 782. The molecule has 0 spiro atoms. The van der Waals surface area contributed by atoms with Gasteiger partial charge in [0, 0.05) is 29.5 Å². The molecule has 1 aromatic heterocycles. The first-order valence-corrected chi connectivity index (χ1v) is 7.73. The Labute approximate surface area is 139 Å². The summed E-state index contributed by atoms with van der Waals surface area (Å²) in [7, 11) is 0. The third-order valence-electron chi connectivity index (χ3n) is 3.49. The molecular weight excluding hydrogens is 310 g/mol. The summed E-state index contributed by atoms with van der Waals surface area (Å²) < 4.78 is 1.75. The summed E-state index contributed by atoms with van der Waals surface area (Å²) in [6, 6.07) is 16.9. The Morgan fingerprint density at radius 3 is 2.65 bits per heavy atom. The minimum absolute atomic E-state index is 0.0842. The van der Waals surface area contributed by atoms with Gasteiger partial charge in [-0.05, 0) is 54.4 Å². The number of hydrogen-bond acceptors (Lipinski definition) is 2. The van der Waals surface area contributed by atoms with Crippen molar-refractivity contribution in [1.82, 2.24) is 15.1 Å². The lowest BCUT2D eigenvalue weighted by Crippen LogP contribution is -2.25. The van der Waals surface area contributed by atoms with Crippen LogP contribution in [0.3, 0.4) is 0 Å². The van der Waals surface area contributed by atoms with Crippen LogP contribution in [0.4, 0.5) is 0 Å². The van der Waals surface area contributed by atoms with E-state index in [9.17, 15) is 4.79 Å². The van der Waals surface area contributed by atoms with Crippen LogP contribution in [0, 0.1) is 0 Å². The lowest BCUT2D eigenvalue weighted by Gasteiger charge is -2.07. The van der Waals surface area contributed by atoms with Gasteiger partial charge in [0.05, 0.1) is 5.69 Å². The van der Waals surface area contributed by atoms with Gasteiger partial charge in [-0.25, -0.2) is 4.68 Å². The fourth-order valence-corrected chi connectivity index (χ4v) is 2.51. The molecule has 0 saturated carbocycles. The zero-order valence-corrected chi connectivity index (χ0v) is 13.2. The van der Waals surface area contributed by atoms with Crippen molar-refractivity contribution in [2.24, 2.45) is 0 Å². The standard InChI is InChI=1S/C18H16ClN3O/c19-16-4-1-3-14(13-16)9-11-20-18(23)15-5-7-17(8-6-15)22-12-2-10-21-22/h1-8,10,12-13H,9,11H2,(H,20,23). The fourth-order valence-electron chi connectivity index (χ4n) is 2.30. The number of nitrogens with one attached hydrogen (secondary N) is 1. The predicted octanol–water partition coefficient (Wildman–Crippen LogP) is 3.50. The summed E-state index contributed by atoms with van der Waals surface area (Å²) in [5.41, 5.74) is 2.66. The first-order chi connectivity index (χ1) is 11.2. The summed E-state index contributed by atoms with van der Waals surface area (Å²) in [6.07, 6.45) is 4.33. The largest absolute Gasteiger partial charge is 0.352 e. The molecule has 3 aromatic rings. The van der Waals surface area contributed by atoms with E-state index in [-0.39, 0.29) is 5.91 Å². The average molecular weight is 326 g/mol. The first-order valence-electron chi connectivity index (χ1n) is 7.35. The van der Waals surface area contributed by atoms with E-state index in [1.165, 1.54) is 0 Å². The third kappa shape index (κ3) is 3.99. The Morgan fingerprint density at radius 1 is 1.13 bits per heavy atom. The molecule has 0 aliphatic carbocycles. The van der Waals surface area contributed by atoms with Crippen molar-refractivity contribution in [2.75, 3.05) is 6.54 Å². The fraction of sp³-hybridized carbons (Fsp3) is 0.111. The van der Waals surface area contributed by atoms with Crippen LogP contribution >= 0.6 is 11.6 Å². The molecule has 4 nitrogen and oxygen atoms in total. The van der Waals surface area contributed by atoms with Crippen LogP contribution in [0.1, 0.15) is 15.9 Å². The molecule has 1 heterocycles. The maximum Gasteiger partial charge on any atom is 0.251 e. The number of rotatable bonds is 5. The van der Waals surface area contributed by atoms with Crippen LogP contribution in [0.25, 0.3) is 5.69 Å². The second kappa shape index (κ2) is 7.11. The van der Waals surface area contributed by atoms with Crippen molar-refractivity contribution in [3.05, 3.63) is 83.1 Å². The SMILES string of the molecule is O=C(NCCc1cccc(Cl)c1)c1ccc(-n2cccn2)cc1. The number of aromatic nitrogens is 2. The Kier molecular flexibility index (Phi) is 4.74. The van der Waals surface area contributed by atoms with E-state index in [1.54, 1.807) is 23.0 Å². The van der Waals surface area contributed by atoms with Crippen LogP contribution in [0.5, 0.6) is 0 Å². The number of hydrogen-bond donors (Lipinski definition) is 1. The smallest absolute Gasteiger partial charge is 0.251 e. The molecule has 0 fully saturated rings. The van der Waals surface area contributed by atoms with Gasteiger partial charge < -0.3 is 5.32 Å². The molecular formula is C18H16ClN3O. The zero-order chi connectivity index (χ0) is 16.1.